The molecule has 9 heteroatoms. The zero-order valence-electron chi connectivity index (χ0n) is 17.4. The number of nitrogens with one attached hydrogen (secondary N) is 1. The number of amides is 1. The largest absolute Gasteiger partial charge is 0.445 e. The van der Waals surface area contributed by atoms with Crippen LogP contribution in [-0.4, -0.2) is 56.5 Å². The van der Waals surface area contributed by atoms with Gasteiger partial charge < -0.3 is 14.8 Å². The number of esters is 1. The zero-order valence-corrected chi connectivity index (χ0v) is 18.2. The molecule has 0 bridgehead atoms. The Morgan fingerprint density at radius 2 is 1.84 bits per heavy atom. The van der Waals surface area contributed by atoms with Crippen molar-refractivity contribution >= 4 is 27.6 Å². The van der Waals surface area contributed by atoms with E-state index in [1.54, 1.807) is 50.2 Å². The van der Waals surface area contributed by atoms with Crippen molar-refractivity contribution in [3.05, 3.63) is 59.2 Å². The number of morpholine rings is 1. The number of benzene rings is 2. The molecule has 0 saturated carbocycles. The van der Waals surface area contributed by atoms with E-state index in [1.807, 2.05) is 0 Å². The molecule has 2 aliphatic heterocycles. The van der Waals surface area contributed by atoms with Crippen LogP contribution < -0.4 is 5.32 Å². The molecule has 2 aliphatic rings. The van der Waals surface area contributed by atoms with Gasteiger partial charge in [0.1, 0.15) is 0 Å². The van der Waals surface area contributed by atoms with Crippen LogP contribution in [0.2, 0.25) is 0 Å². The van der Waals surface area contributed by atoms with E-state index in [1.165, 1.54) is 10.4 Å². The van der Waals surface area contributed by atoms with E-state index in [2.05, 4.69) is 5.32 Å². The monoisotopic (exact) mass is 444 g/mol. The van der Waals surface area contributed by atoms with Gasteiger partial charge in [-0.25, -0.2) is 13.2 Å². The summed E-state index contributed by atoms with van der Waals surface area (Å²) in [7, 11) is -3.72. The lowest BCUT2D eigenvalue weighted by molar-refractivity contribution is -0.134. The number of anilines is 1. The quantitative estimate of drug-likeness (QED) is 0.725. The van der Waals surface area contributed by atoms with Crippen molar-refractivity contribution in [1.82, 2.24) is 4.31 Å². The van der Waals surface area contributed by atoms with Gasteiger partial charge in [0.2, 0.25) is 10.0 Å². The molecule has 1 N–H and O–H groups in total. The minimum absolute atomic E-state index is 0.128. The van der Waals surface area contributed by atoms with E-state index >= 15 is 0 Å². The molecule has 1 saturated heterocycles. The number of aryl methyl sites for hydroxylation is 1. The third kappa shape index (κ3) is 4.08. The minimum atomic E-state index is -3.72. The number of hydrogen-bond acceptors (Lipinski definition) is 6. The number of hydrogen-bond donors (Lipinski definition) is 1. The maximum Gasteiger partial charge on any atom is 0.339 e. The Morgan fingerprint density at radius 1 is 1.13 bits per heavy atom. The summed E-state index contributed by atoms with van der Waals surface area (Å²) in [5, 5.41) is 2.72. The molecule has 1 atom stereocenters. The first-order chi connectivity index (χ1) is 14.7. The molecule has 8 nitrogen and oxygen atoms in total. The van der Waals surface area contributed by atoms with Gasteiger partial charge in [-0.2, -0.15) is 4.31 Å². The van der Waals surface area contributed by atoms with Crippen LogP contribution in [0, 0.1) is 6.92 Å². The van der Waals surface area contributed by atoms with E-state index in [4.69, 9.17) is 9.47 Å². The molecule has 1 fully saturated rings. The third-order valence-electron chi connectivity index (χ3n) is 5.60. The Bertz CT molecular complexity index is 1140. The number of rotatable bonds is 4. The number of carbonyl (C=O) groups excluding carboxylic acids is 2. The number of nitrogens with zero attached hydrogens (tertiary/aromatic N) is 1. The topological polar surface area (TPSA) is 102 Å². The average molecular weight is 445 g/mol. The van der Waals surface area contributed by atoms with Crippen molar-refractivity contribution in [2.75, 3.05) is 31.6 Å². The molecule has 0 aromatic heterocycles. The van der Waals surface area contributed by atoms with Crippen molar-refractivity contribution in [2.24, 2.45) is 0 Å². The van der Waals surface area contributed by atoms with Crippen LogP contribution in [0.4, 0.5) is 5.69 Å². The van der Waals surface area contributed by atoms with Crippen LogP contribution in [0.25, 0.3) is 0 Å². The molecule has 4 rings (SSSR count). The van der Waals surface area contributed by atoms with Gasteiger partial charge in [0.25, 0.3) is 5.91 Å². The summed E-state index contributed by atoms with van der Waals surface area (Å²) in [6.45, 7) is 4.52. The smallest absolute Gasteiger partial charge is 0.339 e. The van der Waals surface area contributed by atoms with Crippen molar-refractivity contribution in [3.8, 4) is 0 Å². The molecule has 1 amide bonds. The summed E-state index contributed by atoms with van der Waals surface area (Å²) < 4.78 is 38.2. The van der Waals surface area contributed by atoms with Gasteiger partial charge in [0.15, 0.2) is 5.60 Å². The lowest BCUT2D eigenvalue weighted by atomic mass is 9.89. The fraction of sp³-hybridized carbons (Fsp3) is 0.364. The van der Waals surface area contributed by atoms with Gasteiger partial charge in [-0.1, -0.05) is 24.3 Å². The highest BCUT2D eigenvalue weighted by atomic mass is 32.2. The minimum Gasteiger partial charge on any atom is -0.445 e. The van der Waals surface area contributed by atoms with Crippen molar-refractivity contribution in [3.63, 3.8) is 0 Å². The Hall–Kier alpha value is -2.75. The molecular formula is C22H24N2O6S. The molecule has 2 aromatic carbocycles. The molecular weight excluding hydrogens is 420 g/mol. The second-order valence-electron chi connectivity index (χ2n) is 7.91. The molecule has 164 valence electrons. The molecule has 2 heterocycles. The lowest BCUT2D eigenvalue weighted by Gasteiger charge is -2.33. The van der Waals surface area contributed by atoms with Crippen LogP contribution in [0.1, 0.15) is 28.4 Å². The van der Waals surface area contributed by atoms with Gasteiger partial charge in [-0.3, -0.25) is 4.79 Å². The average Bonchev–Trinajstić information content (AvgIpc) is 2.75. The van der Waals surface area contributed by atoms with Crippen LogP contribution in [0.5, 0.6) is 0 Å². The Labute approximate surface area is 181 Å². The number of ether oxygens (including phenoxy) is 2. The summed E-state index contributed by atoms with van der Waals surface area (Å²) in [6, 6.07) is 11.7. The van der Waals surface area contributed by atoms with Gasteiger partial charge in [-0.05, 0) is 43.2 Å². The molecule has 31 heavy (non-hydrogen) atoms. The Morgan fingerprint density at radius 3 is 2.58 bits per heavy atom. The van der Waals surface area contributed by atoms with Crippen molar-refractivity contribution in [2.45, 2.75) is 30.8 Å². The second kappa shape index (κ2) is 8.07. The first-order valence-electron chi connectivity index (χ1n) is 10.0. The SMILES string of the molecule is Cc1ccc(NC(=O)C2(C)Cc3ccccc3C(=O)O2)cc1S(=O)(=O)N1CCOCC1. The normalized spacial score (nSPS) is 21.8. The predicted molar refractivity (Wildman–Crippen MR) is 113 cm³/mol. The molecule has 1 unspecified atom stereocenters. The number of cyclic esters (lactones) is 1. The maximum atomic E-state index is 13.1. The third-order valence-corrected chi connectivity index (χ3v) is 7.64. The summed E-state index contributed by atoms with van der Waals surface area (Å²) in [5.74, 6) is -1.08. The summed E-state index contributed by atoms with van der Waals surface area (Å²) >= 11 is 0. The summed E-state index contributed by atoms with van der Waals surface area (Å²) in [6.07, 6.45) is 0.228. The van der Waals surface area contributed by atoms with Crippen LogP contribution in [-0.2, 0) is 30.7 Å². The standard InChI is InChI=1S/C22H24N2O6S/c1-15-7-8-17(13-19(15)31(27,28)24-9-11-29-12-10-24)23-21(26)22(2)14-16-5-3-4-6-18(16)20(25)30-22/h3-8,13H,9-12,14H2,1-2H3,(H,23,26). The van der Waals surface area contributed by atoms with E-state index in [-0.39, 0.29) is 24.4 Å². The second-order valence-corrected chi connectivity index (χ2v) is 9.81. The highest BCUT2D eigenvalue weighted by Crippen LogP contribution is 2.30. The number of sulfonamides is 1. The van der Waals surface area contributed by atoms with Crippen molar-refractivity contribution in [1.29, 1.82) is 0 Å². The predicted octanol–water partition coefficient (Wildman–Crippen LogP) is 2.13. The van der Waals surface area contributed by atoms with Crippen LogP contribution in [0.3, 0.4) is 0 Å². The van der Waals surface area contributed by atoms with Gasteiger partial charge in [0.05, 0.1) is 23.7 Å². The maximum absolute atomic E-state index is 13.1. The lowest BCUT2D eigenvalue weighted by Crippen LogP contribution is -2.48. The van der Waals surface area contributed by atoms with Crippen molar-refractivity contribution < 1.29 is 27.5 Å². The van der Waals surface area contributed by atoms with Crippen LogP contribution in [0.15, 0.2) is 47.4 Å². The zero-order chi connectivity index (χ0) is 22.2. The highest BCUT2D eigenvalue weighted by Gasteiger charge is 2.42. The Kier molecular flexibility index (Phi) is 5.59. The van der Waals surface area contributed by atoms with Gasteiger partial charge in [-0.15, -0.1) is 0 Å². The molecule has 0 spiro atoms. The Balaban J connectivity index is 1.58. The fourth-order valence-electron chi connectivity index (χ4n) is 3.80. The van der Waals surface area contributed by atoms with Gasteiger partial charge >= 0.3 is 5.97 Å². The van der Waals surface area contributed by atoms with Gasteiger partial charge in [0, 0.05) is 25.2 Å². The highest BCUT2D eigenvalue weighted by molar-refractivity contribution is 7.89. The van der Waals surface area contributed by atoms with E-state index in [0.717, 1.165) is 5.56 Å². The van der Waals surface area contributed by atoms with E-state index in [9.17, 15) is 18.0 Å². The van der Waals surface area contributed by atoms with E-state index < -0.39 is 27.5 Å². The first-order valence-corrected chi connectivity index (χ1v) is 11.5. The summed E-state index contributed by atoms with van der Waals surface area (Å²) in [4.78, 5) is 25.5. The van der Waals surface area contributed by atoms with Crippen LogP contribution >= 0.6 is 0 Å². The summed E-state index contributed by atoms with van der Waals surface area (Å²) in [5.41, 5.74) is 0.671. The first kappa shape index (κ1) is 21.5. The number of fused-ring (bicyclic) bond motifs is 1. The fourth-order valence-corrected chi connectivity index (χ4v) is 5.46. The molecule has 0 radical (unpaired) electrons. The van der Waals surface area contributed by atoms with E-state index in [0.29, 0.717) is 30.0 Å². The molecule has 0 aliphatic carbocycles. The number of carbonyl (C=O) groups is 2. The molecule has 2 aromatic rings.